The van der Waals surface area contributed by atoms with E-state index in [1.165, 1.54) is 24.1 Å². The summed E-state index contributed by atoms with van der Waals surface area (Å²) in [5, 5.41) is 6.64. The van der Waals surface area contributed by atoms with Crippen molar-refractivity contribution in [3.05, 3.63) is 66.4 Å². The third kappa shape index (κ3) is 4.42. The Hall–Kier alpha value is -3.08. The number of nitrogens with one attached hydrogen (secondary N) is 2. The predicted molar refractivity (Wildman–Crippen MR) is 117 cm³/mol. The maximum atomic E-state index is 4.58. The molecule has 0 unspecified atom stereocenters. The van der Waals surface area contributed by atoms with Gasteiger partial charge < -0.3 is 15.5 Å². The van der Waals surface area contributed by atoms with E-state index >= 15 is 0 Å². The van der Waals surface area contributed by atoms with Crippen LogP contribution >= 0.6 is 0 Å². The lowest BCUT2D eigenvalue weighted by atomic mass is 10.0. The van der Waals surface area contributed by atoms with Gasteiger partial charge in [-0.1, -0.05) is 26.0 Å². The highest BCUT2D eigenvalue weighted by Crippen LogP contribution is 2.24. The molecule has 2 aromatic carbocycles. The zero-order chi connectivity index (χ0) is 19.3. The van der Waals surface area contributed by atoms with Crippen LogP contribution in [-0.2, 0) is 0 Å². The Morgan fingerprint density at radius 2 is 1.46 bits per heavy atom. The molecular formula is C23H27N5. The number of benzene rings is 2. The van der Waals surface area contributed by atoms with Crippen LogP contribution in [0.1, 0.15) is 38.2 Å². The van der Waals surface area contributed by atoms with Crippen LogP contribution in [-0.4, -0.2) is 23.1 Å². The fourth-order valence-electron chi connectivity index (χ4n) is 3.45. The average molecular weight is 374 g/mol. The minimum atomic E-state index is 0.523. The van der Waals surface area contributed by atoms with Crippen LogP contribution < -0.4 is 15.5 Å². The van der Waals surface area contributed by atoms with Gasteiger partial charge in [-0.2, -0.15) is 4.98 Å². The highest BCUT2D eigenvalue weighted by molar-refractivity contribution is 5.62. The average Bonchev–Trinajstić information content (AvgIpc) is 3.24. The number of rotatable bonds is 6. The summed E-state index contributed by atoms with van der Waals surface area (Å²) in [6.07, 6.45) is 4.34. The van der Waals surface area contributed by atoms with E-state index in [4.69, 9.17) is 0 Å². The molecule has 28 heavy (non-hydrogen) atoms. The number of aromatic nitrogens is 2. The molecule has 5 heteroatoms. The molecule has 144 valence electrons. The van der Waals surface area contributed by atoms with Crippen LogP contribution in [0.2, 0.25) is 0 Å². The molecule has 1 fully saturated rings. The van der Waals surface area contributed by atoms with Crippen molar-refractivity contribution in [1.29, 1.82) is 0 Å². The van der Waals surface area contributed by atoms with Gasteiger partial charge in [-0.3, -0.25) is 0 Å². The Morgan fingerprint density at radius 1 is 0.821 bits per heavy atom. The van der Waals surface area contributed by atoms with Crippen molar-refractivity contribution in [3.63, 3.8) is 0 Å². The third-order valence-corrected chi connectivity index (χ3v) is 5.10. The van der Waals surface area contributed by atoms with Crippen molar-refractivity contribution in [2.24, 2.45) is 0 Å². The second kappa shape index (κ2) is 8.30. The summed E-state index contributed by atoms with van der Waals surface area (Å²) >= 11 is 0. The molecule has 1 aliphatic rings. The largest absolute Gasteiger partial charge is 0.372 e. The molecule has 2 N–H and O–H groups in total. The normalized spacial score (nSPS) is 13.8. The topological polar surface area (TPSA) is 53.1 Å². The van der Waals surface area contributed by atoms with Gasteiger partial charge in [0.15, 0.2) is 0 Å². The molecular weight excluding hydrogens is 346 g/mol. The minimum Gasteiger partial charge on any atom is -0.372 e. The van der Waals surface area contributed by atoms with Crippen molar-refractivity contribution in [3.8, 4) is 0 Å². The summed E-state index contributed by atoms with van der Waals surface area (Å²) in [5.74, 6) is 1.87. The van der Waals surface area contributed by atoms with Crippen molar-refractivity contribution in [2.45, 2.75) is 32.6 Å². The zero-order valence-corrected chi connectivity index (χ0v) is 16.5. The van der Waals surface area contributed by atoms with E-state index in [1.807, 2.05) is 6.07 Å². The number of anilines is 5. The van der Waals surface area contributed by atoms with Crippen LogP contribution in [0.15, 0.2) is 60.8 Å². The lowest BCUT2D eigenvalue weighted by Crippen LogP contribution is -2.17. The first-order valence-electron chi connectivity index (χ1n) is 9.99. The van der Waals surface area contributed by atoms with Crippen molar-refractivity contribution >= 4 is 28.8 Å². The van der Waals surface area contributed by atoms with Crippen LogP contribution in [0.3, 0.4) is 0 Å². The fraction of sp³-hybridized carbons (Fsp3) is 0.304. The molecule has 1 aliphatic heterocycles. The quantitative estimate of drug-likeness (QED) is 0.581. The molecule has 1 aromatic heterocycles. The number of hydrogen-bond acceptors (Lipinski definition) is 5. The van der Waals surface area contributed by atoms with Crippen molar-refractivity contribution in [1.82, 2.24) is 9.97 Å². The Morgan fingerprint density at radius 3 is 2.14 bits per heavy atom. The van der Waals surface area contributed by atoms with Gasteiger partial charge in [-0.15, -0.1) is 0 Å². The lowest BCUT2D eigenvalue weighted by Gasteiger charge is -2.18. The number of nitrogens with zero attached hydrogens (tertiary/aromatic N) is 3. The Bertz CT molecular complexity index is 897. The molecule has 5 nitrogen and oxygen atoms in total. The third-order valence-electron chi connectivity index (χ3n) is 5.10. The minimum absolute atomic E-state index is 0.523. The molecule has 0 radical (unpaired) electrons. The first-order valence-corrected chi connectivity index (χ1v) is 9.99. The van der Waals surface area contributed by atoms with E-state index in [0.717, 1.165) is 30.3 Å². The molecule has 0 atom stereocenters. The van der Waals surface area contributed by atoms with E-state index in [1.54, 1.807) is 6.20 Å². The summed E-state index contributed by atoms with van der Waals surface area (Å²) in [6, 6.07) is 18.8. The summed E-state index contributed by atoms with van der Waals surface area (Å²) in [6.45, 7) is 6.70. The first-order chi connectivity index (χ1) is 13.7. The summed E-state index contributed by atoms with van der Waals surface area (Å²) in [4.78, 5) is 11.3. The Kier molecular flexibility index (Phi) is 5.42. The van der Waals surface area contributed by atoms with E-state index in [-0.39, 0.29) is 0 Å². The van der Waals surface area contributed by atoms with Crippen LogP contribution in [0.5, 0.6) is 0 Å². The molecule has 0 saturated carbocycles. The van der Waals surface area contributed by atoms with Gasteiger partial charge in [0.1, 0.15) is 5.82 Å². The number of hydrogen-bond donors (Lipinski definition) is 2. The summed E-state index contributed by atoms with van der Waals surface area (Å²) in [7, 11) is 0. The van der Waals surface area contributed by atoms with E-state index < -0.39 is 0 Å². The van der Waals surface area contributed by atoms with E-state index in [9.17, 15) is 0 Å². The maximum absolute atomic E-state index is 4.58. The molecule has 3 aromatic rings. The molecule has 1 saturated heterocycles. The fourth-order valence-corrected chi connectivity index (χ4v) is 3.45. The molecule has 2 heterocycles. The summed E-state index contributed by atoms with van der Waals surface area (Å²) in [5.41, 5.74) is 4.61. The smallest absolute Gasteiger partial charge is 0.229 e. The van der Waals surface area contributed by atoms with Gasteiger partial charge in [0, 0.05) is 36.3 Å². The van der Waals surface area contributed by atoms with Gasteiger partial charge in [0.2, 0.25) is 5.95 Å². The molecule has 0 aliphatic carbocycles. The van der Waals surface area contributed by atoms with Crippen molar-refractivity contribution < 1.29 is 0 Å². The first kappa shape index (κ1) is 18.3. The summed E-state index contributed by atoms with van der Waals surface area (Å²) < 4.78 is 0. The molecule has 0 spiro atoms. The van der Waals surface area contributed by atoms with Crippen molar-refractivity contribution in [2.75, 3.05) is 28.6 Å². The van der Waals surface area contributed by atoms with Crippen LogP contribution in [0, 0.1) is 0 Å². The van der Waals surface area contributed by atoms with E-state index in [2.05, 4.69) is 87.9 Å². The Balaban J connectivity index is 1.42. The van der Waals surface area contributed by atoms with Gasteiger partial charge in [0.25, 0.3) is 0 Å². The second-order valence-electron chi connectivity index (χ2n) is 7.53. The van der Waals surface area contributed by atoms with Gasteiger partial charge in [0.05, 0.1) is 0 Å². The highest BCUT2D eigenvalue weighted by Gasteiger charge is 2.11. The standard InChI is InChI=1S/C23H27N5/c1-17(2)18-5-7-20(8-6-18)26-23-24-14-13-22(27-23)25-19-9-11-21(12-10-19)28-15-3-4-16-28/h5-14,17H,3-4,15-16H2,1-2H3,(H2,24,25,26,27). The highest BCUT2D eigenvalue weighted by atomic mass is 15.1. The molecule has 4 rings (SSSR count). The van der Waals surface area contributed by atoms with Gasteiger partial charge >= 0.3 is 0 Å². The molecule has 0 bridgehead atoms. The van der Waals surface area contributed by atoms with Crippen LogP contribution in [0.4, 0.5) is 28.8 Å². The lowest BCUT2D eigenvalue weighted by molar-refractivity contribution is 0.867. The van der Waals surface area contributed by atoms with Crippen LogP contribution in [0.25, 0.3) is 0 Å². The predicted octanol–water partition coefficient (Wildman–Crippen LogP) is 5.69. The maximum Gasteiger partial charge on any atom is 0.229 e. The Labute approximate surface area is 166 Å². The van der Waals surface area contributed by atoms with Gasteiger partial charge in [-0.05, 0) is 66.8 Å². The van der Waals surface area contributed by atoms with E-state index in [0.29, 0.717) is 11.9 Å². The zero-order valence-electron chi connectivity index (χ0n) is 16.5. The van der Waals surface area contributed by atoms with Gasteiger partial charge in [-0.25, -0.2) is 4.98 Å². The monoisotopic (exact) mass is 373 g/mol. The second-order valence-corrected chi connectivity index (χ2v) is 7.53. The molecule has 0 amide bonds. The SMILES string of the molecule is CC(C)c1ccc(Nc2nccc(Nc3ccc(N4CCCC4)cc3)n2)cc1.